The van der Waals surface area contributed by atoms with E-state index in [1.807, 2.05) is 0 Å². The van der Waals surface area contributed by atoms with Crippen LogP contribution in [0, 0.1) is 5.92 Å². The molecule has 1 rings (SSSR count). The molecule has 0 atom stereocenters. The van der Waals surface area contributed by atoms with Crippen molar-refractivity contribution in [3.8, 4) is 0 Å². The molecule has 0 aromatic carbocycles. The predicted molar refractivity (Wildman–Crippen MR) is 41.2 cm³/mol. The largest absolute Gasteiger partial charge is 0.550 e. The van der Waals surface area contributed by atoms with Gasteiger partial charge in [0.05, 0.1) is 0 Å². The molecule has 3 nitrogen and oxygen atoms in total. The average molecular weight is 169 g/mol. The van der Waals surface area contributed by atoms with Gasteiger partial charge >= 0.3 is 0 Å². The van der Waals surface area contributed by atoms with Crippen LogP contribution in [0.15, 0.2) is 0 Å². The lowest BCUT2D eigenvalue weighted by molar-refractivity contribution is -0.304. The van der Waals surface area contributed by atoms with Gasteiger partial charge in [-0.25, -0.2) is 0 Å². The summed E-state index contributed by atoms with van der Waals surface area (Å²) in [6.07, 6.45) is 4.63. The van der Waals surface area contributed by atoms with E-state index in [0.29, 0.717) is 0 Å². The fraction of sp³-hybridized carbons (Fsp3) is 0.778. The van der Waals surface area contributed by atoms with Crippen LogP contribution >= 0.6 is 0 Å². The Hall–Kier alpha value is -0.860. The van der Waals surface area contributed by atoms with Crippen molar-refractivity contribution in [3.05, 3.63) is 0 Å². The summed E-state index contributed by atoms with van der Waals surface area (Å²) in [5, 5.41) is 10.1. The summed E-state index contributed by atoms with van der Waals surface area (Å²) in [7, 11) is 0. The molecule has 0 radical (unpaired) electrons. The van der Waals surface area contributed by atoms with Crippen molar-refractivity contribution in [2.75, 3.05) is 0 Å². The molecule has 0 aliphatic heterocycles. The second-order valence-corrected chi connectivity index (χ2v) is 3.35. The molecular formula is C9H13O3-. The minimum Gasteiger partial charge on any atom is -0.550 e. The second kappa shape index (κ2) is 4.24. The molecule has 1 aliphatic carbocycles. The Bertz CT molecular complexity index is 180. The lowest BCUT2D eigenvalue weighted by Gasteiger charge is -2.20. The van der Waals surface area contributed by atoms with E-state index < -0.39 is 12.4 Å². The molecule has 0 N–H and O–H groups in total. The van der Waals surface area contributed by atoms with E-state index in [0.717, 1.165) is 25.7 Å². The van der Waals surface area contributed by atoms with E-state index in [1.54, 1.807) is 0 Å². The van der Waals surface area contributed by atoms with Gasteiger partial charge in [0, 0.05) is 18.3 Å². The molecule has 0 saturated heterocycles. The van der Waals surface area contributed by atoms with Gasteiger partial charge in [-0.3, -0.25) is 4.79 Å². The first-order valence-electron chi connectivity index (χ1n) is 4.42. The first-order valence-corrected chi connectivity index (χ1v) is 4.42. The molecular weight excluding hydrogens is 156 g/mol. The van der Waals surface area contributed by atoms with Gasteiger partial charge in [-0.15, -0.1) is 0 Å². The van der Waals surface area contributed by atoms with Crippen LogP contribution in [0.25, 0.3) is 0 Å². The Balaban J connectivity index is 2.34. The van der Waals surface area contributed by atoms with Crippen molar-refractivity contribution in [2.45, 2.75) is 38.5 Å². The van der Waals surface area contributed by atoms with Crippen LogP contribution in [0.3, 0.4) is 0 Å². The molecule has 3 heteroatoms. The Morgan fingerprint density at radius 3 is 2.25 bits per heavy atom. The van der Waals surface area contributed by atoms with Crippen molar-refractivity contribution in [3.63, 3.8) is 0 Å². The predicted octanol–water partition coefficient (Wildman–Crippen LogP) is 0.276. The highest BCUT2D eigenvalue weighted by Crippen LogP contribution is 2.24. The van der Waals surface area contributed by atoms with Gasteiger partial charge in [-0.1, -0.05) is 19.3 Å². The molecule has 0 heterocycles. The fourth-order valence-electron chi connectivity index (χ4n) is 1.71. The lowest BCUT2D eigenvalue weighted by Crippen LogP contribution is -2.29. The highest BCUT2D eigenvalue weighted by molar-refractivity contribution is 5.95. The number of hydrogen-bond acceptors (Lipinski definition) is 3. The van der Waals surface area contributed by atoms with E-state index >= 15 is 0 Å². The third-order valence-electron chi connectivity index (χ3n) is 2.38. The molecule has 0 spiro atoms. The maximum atomic E-state index is 11.2. The number of carboxylic acid groups (broad SMARTS) is 1. The van der Waals surface area contributed by atoms with E-state index in [4.69, 9.17) is 0 Å². The molecule has 0 bridgehead atoms. The first kappa shape index (κ1) is 9.23. The normalized spacial score (nSPS) is 19.0. The Kier molecular flexibility index (Phi) is 3.26. The van der Waals surface area contributed by atoms with Crippen LogP contribution in [0.5, 0.6) is 0 Å². The average Bonchev–Trinajstić information content (AvgIpc) is 2.05. The van der Waals surface area contributed by atoms with Gasteiger partial charge in [0.15, 0.2) is 0 Å². The van der Waals surface area contributed by atoms with Crippen LogP contribution in [0.1, 0.15) is 38.5 Å². The van der Waals surface area contributed by atoms with Crippen molar-refractivity contribution >= 4 is 11.8 Å². The van der Waals surface area contributed by atoms with Crippen molar-refractivity contribution in [1.82, 2.24) is 0 Å². The molecule has 1 aliphatic rings. The quantitative estimate of drug-likeness (QED) is 0.570. The first-order chi connectivity index (χ1) is 5.70. The van der Waals surface area contributed by atoms with Gasteiger partial charge in [-0.2, -0.15) is 0 Å². The standard InChI is InChI=1S/C9H14O3/c10-8(6-9(11)12)7-4-2-1-3-5-7/h7H,1-6H2,(H,11,12)/p-1. The van der Waals surface area contributed by atoms with Crippen LogP contribution in [0.2, 0.25) is 0 Å². The van der Waals surface area contributed by atoms with Crippen LogP contribution in [0.4, 0.5) is 0 Å². The number of aliphatic carboxylic acids is 1. The molecule has 68 valence electrons. The molecule has 1 fully saturated rings. The smallest absolute Gasteiger partial charge is 0.141 e. The Morgan fingerprint density at radius 1 is 1.17 bits per heavy atom. The molecule has 1 saturated carbocycles. The number of hydrogen-bond donors (Lipinski definition) is 0. The fourth-order valence-corrected chi connectivity index (χ4v) is 1.71. The molecule has 0 aromatic heterocycles. The summed E-state index contributed by atoms with van der Waals surface area (Å²) in [5.74, 6) is -1.39. The zero-order valence-corrected chi connectivity index (χ0v) is 7.04. The number of Topliss-reactive ketones (excluding diaryl/α,β-unsaturated/α-hetero) is 1. The molecule has 12 heavy (non-hydrogen) atoms. The number of carboxylic acids is 1. The van der Waals surface area contributed by atoms with Crippen molar-refractivity contribution in [1.29, 1.82) is 0 Å². The van der Waals surface area contributed by atoms with Gasteiger partial charge < -0.3 is 9.90 Å². The highest BCUT2D eigenvalue weighted by atomic mass is 16.4. The topological polar surface area (TPSA) is 57.2 Å². The molecule has 0 aromatic rings. The lowest BCUT2D eigenvalue weighted by atomic mass is 9.85. The summed E-state index contributed by atoms with van der Waals surface area (Å²) in [5.41, 5.74) is 0. The zero-order chi connectivity index (χ0) is 8.97. The number of carbonyl (C=O) groups is 2. The number of rotatable bonds is 3. The van der Waals surface area contributed by atoms with Gasteiger partial charge in [0.25, 0.3) is 0 Å². The second-order valence-electron chi connectivity index (χ2n) is 3.35. The SMILES string of the molecule is O=C([O-])CC(=O)C1CCCCC1. The van der Waals surface area contributed by atoms with Crippen LogP contribution in [-0.2, 0) is 9.59 Å². The Labute approximate surface area is 71.8 Å². The zero-order valence-electron chi connectivity index (χ0n) is 7.04. The Morgan fingerprint density at radius 2 is 1.75 bits per heavy atom. The van der Waals surface area contributed by atoms with Gasteiger partial charge in [0.2, 0.25) is 0 Å². The summed E-state index contributed by atoms with van der Waals surface area (Å²) >= 11 is 0. The van der Waals surface area contributed by atoms with Crippen LogP contribution < -0.4 is 5.11 Å². The number of carbonyl (C=O) groups excluding carboxylic acids is 2. The van der Waals surface area contributed by atoms with E-state index in [-0.39, 0.29) is 11.7 Å². The van der Waals surface area contributed by atoms with Crippen molar-refractivity contribution in [2.24, 2.45) is 5.92 Å². The summed E-state index contributed by atoms with van der Waals surface area (Å²) in [4.78, 5) is 21.3. The van der Waals surface area contributed by atoms with Gasteiger partial charge in [-0.05, 0) is 12.8 Å². The maximum absolute atomic E-state index is 11.2. The summed E-state index contributed by atoms with van der Waals surface area (Å²) in [6, 6.07) is 0. The summed E-state index contributed by atoms with van der Waals surface area (Å²) < 4.78 is 0. The van der Waals surface area contributed by atoms with Gasteiger partial charge in [0.1, 0.15) is 5.78 Å². The third kappa shape index (κ3) is 2.64. The maximum Gasteiger partial charge on any atom is 0.141 e. The van der Waals surface area contributed by atoms with Crippen LogP contribution in [-0.4, -0.2) is 11.8 Å². The van der Waals surface area contributed by atoms with Crippen molar-refractivity contribution < 1.29 is 14.7 Å². The minimum atomic E-state index is -1.24. The monoisotopic (exact) mass is 169 g/mol. The molecule has 0 amide bonds. The van der Waals surface area contributed by atoms with E-state index in [1.165, 1.54) is 6.42 Å². The highest BCUT2D eigenvalue weighted by Gasteiger charge is 2.20. The minimum absolute atomic E-state index is 0.00310. The van der Waals surface area contributed by atoms with E-state index in [9.17, 15) is 14.7 Å². The van der Waals surface area contributed by atoms with E-state index in [2.05, 4.69) is 0 Å². The molecule has 0 unspecified atom stereocenters. The number of ketones is 1. The summed E-state index contributed by atoms with van der Waals surface area (Å²) in [6.45, 7) is 0. The third-order valence-corrected chi connectivity index (χ3v) is 2.38.